The Morgan fingerprint density at radius 1 is 1.32 bits per heavy atom. The summed E-state index contributed by atoms with van der Waals surface area (Å²) in [5.41, 5.74) is 0.874. The van der Waals surface area contributed by atoms with Crippen molar-refractivity contribution in [1.82, 2.24) is 20.2 Å². The lowest BCUT2D eigenvalue weighted by atomic mass is 10.3. The number of aromatic nitrogens is 2. The summed E-state index contributed by atoms with van der Waals surface area (Å²) in [6.45, 7) is 6.83. The summed E-state index contributed by atoms with van der Waals surface area (Å²) in [7, 11) is 1.65. The molecule has 1 aromatic heterocycles. The molecule has 1 aromatic rings. The molecule has 19 heavy (non-hydrogen) atoms. The lowest BCUT2D eigenvalue weighted by Gasteiger charge is -2.20. The minimum Gasteiger partial charge on any atom is -0.369 e. The van der Waals surface area contributed by atoms with Gasteiger partial charge in [-0.05, 0) is 19.9 Å². The van der Waals surface area contributed by atoms with Crippen LogP contribution in [0.25, 0.3) is 0 Å². The summed E-state index contributed by atoms with van der Waals surface area (Å²) < 4.78 is 0. The second-order valence-corrected chi connectivity index (χ2v) is 4.31. The SMILES string of the molecule is CCCN(CC(=O)NC)Cc1cnc(NCC)cn1. The van der Waals surface area contributed by atoms with Crippen molar-refractivity contribution in [2.75, 3.05) is 32.0 Å². The fraction of sp³-hybridized carbons (Fsp3) is 0.615. The lowest BCUT2D eigenvalue weighted by molar-refractivity contribution is -0.121. The van der Waals surface area contributed by atoms with Crippen molar-refractivity contribution in [3.8, 4) is 0 Å². The summed E-state index contributed by atoms with van der Waals surface area (Å²) >= 11 is 0. The first-order valence-corrected chi connectivity index (χ1v) is 6.67. The Balaban J connectivity index is 2.59. The molecular weight excluding hydrogens is 242 g/mol. The van der Waals surface area contributed by atoms with Gasteiger partial charge in [0.2, 0.25) is 5.91 Å². The number of hydrogen-bond acceptors (Lipinski definition) is 5. The third-order valence-electron chi connectivity index (χ3n) is 2.63. The Kier molecular flexibility index (Phi) is 6.81. The summed E-state index contributed by atoms with van der Waals surface area (Å²) in [6.07, 6.45) is 4.48. The molecule has 0 unspecified atom stereocenters. The van der Waals surface area contributed by atoms with Gasteiger partial charge in [0.1, 0.15) is 5.82 Å². The zero-order chi connectivity index (χ0) is 14.1. The van der Waals surface area contributed by atoms with Gasteiger partial charge in [0.15, 0.2) is 0 Å². The van der Waals surface area contributed by atoms with Gasteiger partial charge in [-0.3, -0.25) is 14.7 Å². The lowest BCUT2D eigenvalue weighted by Crippen LogP contribution is -2.35. The van der Waals surface area contributed by atoms with Crippen molar-refractivity contribution in [2.45, 2.75) is 26.8 Å². The molecule has 0 aliphatic heterocycles. The van der Waals surface area contributed by atoms with Crippen LogP contribution in [0.3, 0.4) is 0 Å². The standard InChI is InChI=1S/C13H23N5O/c1-4-6-18(10-13(19)14-3)9-11-7-17-12(8-16-11)15-5-2/h7-8H,4-6,9-10H2,1-3H3,(H,14,19)(H,15,17). The summed E-state index contributed by atoms with van der Waals surface area (Å²) in [5.74, 6) is 0.797. The second-order valence-electron chi connectivity index (χ2n) is 4.31. The van der Waals surface area contributed by atoms with Crippen LogP contribution in [0.4, 0.5) is 5.82 Å². The van der Waals surface area contributed by atoms with Crippen LogP contribution < -0.4 is 10.6 Å². The molecule has 2 N–H and O–H groups in total. The maximum atomic E-state index is 11.4. The number of rotatable bonds is 8. The van der Waals surface area contributed by atoms with Crippen LogP contribution in [0.15, 0.2) is 12.4 Å². The molecular formula is C13H23N5O. The topological polar surface area (TPSA) is 70.2 Å². The zero-order valence-corrected chi connectivity index (χ0v) is 11.9. The normalized spacial score (nSPS) is 10.5. The number of carbonyl (C=O) groups is 1. The van der Waals surface area contributed by atoms with E-state index in [1.165, 1.54) is 0 Å². The molecule has 0 saturated carbocycles. The Morgan fingerprint density at radius 2 is 2.11 bits per heavy atom. The summed E-state index contributed by atoms with van der Waals surface area (Å²) in [5, 5.41) is 5.74. The number of hydrogen-bond donors (Lipinski definition) is 2. The fourth-order valence-corrected chi connectivity index (χ4v) is 1.75. The van der Waals surface area contributed by atoms with Gasteiger partial charge in [0, 0.05) is 20.1 Å². The first-order valence-electron chi connectivity index (χ1n) is 6.67. The van der Waals surface area contributed by atoms with Crippen molar-refractivity contribution in [3.05, 3.63) is 18.1 Å². The molecule has 1 heterocycles. The number of carbonyl (C=O) groups excluding carboxylic acids is 1. The molecule has 1 amide bonds. The van der Waals surface area contributed by atoms with Crippen LogP contribution in [-0.4, -0.2) is 47.5 Å². The molecule has 0 aromatic carbocycles. The van der Waals surface area contributed by atoms with Gasteiger partial charge in [0.25, 0.3) is 0 Å². The van der Waals surface area contributed by atoms with Gasteiger partial charge >= 0.3 is 0 Å². The molecule has 0 fully saturated rings. The van der Waals surface area contributed by atoms with E-state index in [9.17, 15) is 4.79 Å². The molecule has 0 spiro atoms. The van der Waals surface area contributed by atoms with Crippen LogP contribution in [0.5, 0.6) is 0 Å². The highest BCUT2D eigenvalue weighted by Crippen LogP contribution is 2.04. The quantitative estimate of drug-likeness (QED) is 0.730. The van der Waals surface area contributed by atoms with Crippen molar-refractivity contribution in [3.63, 3.8) is 0 Å². The van der Waals surface area contributed by atoms with Crippen molar-refractivity contribution >= 4 is 11.7 Å². The molecule has 0 aliphatic carbocycles. The fourth-order valence-electron chi connectivity index (χ4n) is 1.75. The van der Waals surface area contributed by atoms with Crippen molar-refractivity contribution in [2.24, 2.45) is 0 Å². The Bertz CT molecular complexity index is 379. The average Bonchev–Trinajstić information content (AvgIpc) is 2.41. The predicted molar refractivity (Wildman–Crippen MR) is 75.8 cm³/mol. The van der Waals surface area contributed by atoms with Crippen molar-refractivity contribution in [1.29, 1.82) is 0 Å². The first kappa shape index (κ1) is 15.4. The highest BCUT2D eigenvalue weighted by molar-refractivity contribution is 5.77. The van der Waals surface area contributed by atoms with E-state index in [-0.39, 0.29) is 5.91 Å². The van der Waals surface area contributed by atoms with E-state index in [0.717, 1.165) is 31.0 Å². The third kappa shape index (κ3) is 5.65. The zero-order valence-electron chi connectivity index (χ0n) is 11.9. The van der Waals surface area contributed by atoms with Gasteiger partial charge in [-0.2, -0.15) is 0 Å². The summed E-state index contributed by atoms with van der Waals surface area (Å²) in [4.78, 5) is 22.1. The largest absolute Gasteiger partial charge is 0.369 e. The van der Waals surface area contributed by atoms with E-state index < -0.39 is 0 Å². The molecule has 0 saturated heterocycles. The van der Waals surface area contributed by atoms with E-state index in [1.54, 1.807) is 19.4 Å². The minimum absolute atomic E-state index is 0.0191. The maximum Gasteiger partial charge on any atom is 0.233 e. The molecule has 0 atom stereocenters. The number of likely N-dealkylation sites (N-methyl/N-ethyl adjacent to an activating group) is 1. The van der Waals surface area contributed by atoms with E-state index >= 15 is 0 Å². The van der Waals surface area contributed by atoms with Crippen LogP contribution in [0.2, 0.25) is 0 Å². The smallest absolute Gasteiger partial charge is 0.233 e. The third-order valence-corrected chi connectivity index (χ3v) is 2.63. The molecule has 106 valence electrons. The monoisotopic (exact) mass is 265 g/mol. The Hall–Kier alpha value is -1.69. The molecule has 0 bridgehead atoms. The molecule has 6 heteroatoms. The Morgan fingerprint density at radius 3 is 2.63 bits per heavy atom. The number of nitrogens with one attached hydrogen (secondary N) is 2. The van der Waals surface area contributed by atoms with Crippen LogP contribution in [-0.2, 0) is 11.3 Å². The van der Waals surface area contributed by atoms with Gasteiger partial charge in [-0.25, -0.2) is 4.98 Å². The van der Waals surface area contributed by atoms with Gasteiger partial charge in [0.05, 0.1) is 24.6 Å². The van der Waals surface area contributed by atoms with Crippen LogP contribution in [0, 0.1) is 0 Å². The highest BCUT2D eigenvalue weighted by atomic mass is 16.1. The highest BCUT2D eigenvalue weighted by Gasteiger charge is 2.10. The van der Waals surface area contributed by atoms with Gasteiger partial charge in [-0.1, -0.05) is 6.92 Å². The first-order chi connectivity index (χ1) is 9.19. The predicted octanol–water partition coefficient (Wildman–Crippen LogP) is 0.866. The molecule has 0 radical (unpaired) electrons. The van der Waals surface area contributed by atoms with E-state index in [0.29, 0.717) is 13.1 Å². The average molecular weight is 265 g/mol. The summed E-state index contributed by atoms with van der Waals surface area (Å²) in [6, 6.07) is 0. The van der Waals surface area contributed by atoms with Crippen LogP contribution >= 0.6 is 0 Å². The maximum absolute atomic E-state index is 11.4. The second kappa shape index (κ2) is 8.42. The number of anilines is 1. The molecule has 6 nitrogen and oxygen atoms in total. The van der Waals surface area contributed by atoms with Crippen LogP contribution in [0.1, 0.15) is 26.0 Å². The number of amides is 1. The van der Waals surface area contributed by atoms with E-state index in [4.69, 9.17) is 0 Å². The minimum atomic E-state index is 0.0191. The number of nitrogens with zero attached hydrogens (tertiary/aromatic N) is 3. The van der Waals surface area contributed by atoms with Gasteiger partial charge < -0.3 is 10.6 Å². The molecule has 1 rings (SSSR count). The van der Waals surface area contributed by atoms with Crippen molar-refractivity contribution < 1.29 is 4.79 Å². The Labute approximate surface area is 114 Å². The van der Waals surface area contributed by atoms with Gasteiger partial charge in [-0.15, -0.1) is 0 Å². The molecule has 0 aliphatic rings. The van der Waals surface area contributed by atoms with E-state index in [1.807, 2.05) is 6.92 Å². The van der Waals surface area contributed by atoms with E-state index in [2.05, 4.69) is 32.4 Å².